The molecule has 0 amide bonds. The molecule has 0 saturated carbocycles. The minimum absolute atomic E-state index is 0.0897. The fraction of sp³-hybridized carbons (Fsp3) is 0.250. The van der Waals surface area contributed by atoms with E-state index in [1.54, 1.807) is 12.1 Å². The van der Waals surface area contributed by atoms with Crippen LogP contribution in [0.4, 0.5) is 11.4 Å². The average Bonchev–Trinajstić information content (AvgIpc) is 2.27. The minimum Gasteiger partial charge on any atom is -0.733 e. The van der Waals surface area contributed by atoms with Gasteiger partial charge in [0.1, 0.15) is 0 Å². The van der Waals surface area contributed by atoms with Gasteiger partial charge in [-0.05, 0) is 12.1 Å². The van der Waals surface area contributed by atoms with Gasteiger partial charge in [-0.25, -0.2) is 0 Å². The highest BCUT2D eigenvalue weighted by molar-refractivity contribution is 5.69. The van der Waals surface area contributed by atoms with Crippen LogP contribution >= 0.6 is 0 Å². The smallest absolute Gasteiger partial charge is 0.0759 e. The number of para-hydroxylation sites is 2. The lowest BCUT2D eigenvalue weighted by atomic mass is 10.3. The van der Waals surface area contributed by atoms with Crippen LogP contribution < -0.4 is 10.5 Å². The van der Waals surface area contributed by atoms with Crippen molar-refractivity contribution in [3.05, 3.63) is 34.7 Å². The third-order valence-electron chi connectivity index (χ3n) is 1.61. The van der Waals surface area contributed by atoms with Crippen molar-refractivity contribution < 1.29 is 9.68 Å². The average molecular weight is 198 g/mol. The molecule has 78 valence electrons. The third-order valence-corrected chi connectivity index (χ3v) is 1.61. The van der Waals surface area contributed by atoms with Gasteiger partial charge in [0.25, 0.3) is 0 Å². The van der Waals surface area contributed by atoms with E-state index in [2.05, 4.69) is 9.68 Å². The van der Waals surface area contributed by atoms with E-state index in [1.807, 2.05) is 0 Å². The van der Waals surface area contributed by atoms with E-state index < -0.39 is 0 Å². The van der Waals surface area contributed by atoms with E-state index >= 15 is 0 Å². The van der Waals surface area contributed by atoms with Crippen molar-refractivity contribution in [2.45, 2.75) is 0 Å². The fourth-order valence-electron chi connectivity index (χ4n) is 0.970. The van der Waals surface area contributed by atoms with E-state index in [4.69, 9.17) is 0 Å². The van der Waals surface area contributed by atoms with Gasteiger partial charge in [0, 0.05) is 0 Å². The summed E-state index contributed by atoms with van der Waals surface area (Å²) >= 11 is 0. The standard InChI is InChI=1S/C8H10N2O4/c1-13-9(11)7-5-3-4-6-8(7)10(12)14-2/h3-6H,1-2H3/q-2. The van der Waals surface area contributed by atoms with Gasteiger partial charge in [-0.2, -0.15) is 0 Å². The van der Waals surface area contributed by atoms with Gasteiger partial charge in [-0.15, -0.1) is 0 Å². The number of nitrogens with zero attached hydrogens (tertiary/aromatic N) is 2. The van der Waals surface area contributed by atoms with Crippen LogP contribution in [-0.4, -0.2) is 14.2 Å². The van der Waals surface area contributed by atoms with Gasteiger partial charge in [-0.1, -0.05) is 12.1 Å². The molecule has 0 bridgehead atoms. The molecule has 0 unspecified atom stereocenters. The maximum atomic E-state index is 11.1. The fourth-order valence-corrected chi connectivity index (χ4v) is 0.970. The van der Waals surface area contributed by atoms with Crippen molar-refractivity contribution in [1.82, 2.24) is 0 Å². The monoisotopic (exact) mass is 198 g/mol. The first-order valence-corrected chi connectivity index (χ1v) is 3.82. The van der Waals surface area contributed by atoms with Crippen molar-refractivity contribution in [1.29, 1.82) is 0 Å². The molecule has 0 saturated heterocycles. The molecule has 0 radical (unpaired) electrons. The Morgan fingerprint density at radius 1 is 0.929 bits per heavy atom. The summed E-state index contributed by atoms with van der Waals surface area (Å²) in [6.45, 7) is 0. The Kier molecular flexibility index (Phi) is 3.66. The first-order chi connectivity index (χ1) is 6.70. The second kappa shape index (κ2) is 4.77. The Morgan fingerprint density at radius 3 is 1.57 bits per heavy atom. The molecular formula is C8H10N2O4-2. The lowest BCUT2D eigenvalue weighted by Crippen LogP contribution is -2.19. The normalized spacial score (nSPS) is 10.0. The van der Waals surface area contributed by atoms with Gasteiger partial charge in [0.15, 0.2) is 0 Å². The summed E-state index contributed by atoms with van der Waals surface area (Å²) in [5, 5.41) is 22.7. The van der Waals surface area contributed by atoms with E-state index in [9.17, 15) is 10.4 Å². The topological polar surface area (TPSA) is 71.1 Å². The van der Waals surface area contributed by atoms with Crippen LogP contribution in [0.5, 0.6) is 0 Å². The van der Waals surface area contributed by atoms with E-state index in [-0.39, 0.29) is 21.8 Å². The third kappa shape index (κ3) is 2.12. The molecule has 6 nitrogen and oxygen atoms in total. The van der Waals surface area contributed by atoms with Gasteiger partial charge >= 0.3 is 0 Å². The molecule has 0 heterocycles. The second-order valence-electron chi connectivity index (χ2n) is 2.37. The zero-order valence-electron chi connectivity index (χ0n) is 7.84. The summed E-state index contributed by atoms with van der Waals surface area (Å²) in [6, 6.07) is 6.14. The molecule has 1 aromatic rings. The van der Waals surface area contributed by atoms with Gasteiger partial charge < -0.3 is 20.9 Å². The molecule has 0 atom stereocenters. The van der Waals surface area contributed by atoms with E-state index in [0.29, 0.717) is 0 Å². The van der Waals surface area contributed by atoms with Crippen LogP contribution in [0.2, 0.25) is 0 Å². The predicted octanol–water partition coefficient (Wildman–Crippen LogP) is 1.42. The predicted molar refractivity (Wildman–Crippen MR) is 52.2 cm³/mol. The summed E-state index contributed by atoms with van der Waals surface area (Å²) in [5.74, 6) is 0. The second-order valence-corrected chi connectivity index (χ2v) is 2.37. The van der Waals surface area contributed by atoms with Crippen molar-refractivity contribution in [3.63, 3.8) is 0 Å². The molecule has 0 aliphatic heterocycles. The van der Waals surface area contributed by atoms with Crippen LogP contribution in [0.25, 0.3) is 0 Å². The largest absolute Gasteiger partial charge is 0.733 e. The first kappa shape index (κ1) is 10.7. The molecule has 0 N–H and O–H groups in total. The van der Waals surface area contributed by atoms with Crippen LogP contribution in [0.3, 0.4) is 0 Å². The maximum Gasteiger partial charge on any atom is 0.0759 e. The number of hydrogen-bond acceptors (Lipinski definition) is 6. The van der Waals surface area contributed by atoms with Gasteiger partial charge in [0.2, 0.25) is 0 Å². The zero-order valence-corrected chi connectivity index (χ0v) is 7.84. The lowest BCUT2D eigenvalue weighted by Gasteiger charge is -2.35. The van der Waals surface area contributed by atoms with Crippen molar-refractivity contribution in [2.24, 2.45) is 0 Å². The molecule has 6 heteroatoms. The van der Waals surface area contributed by atoms with Crippen LogP contribution in [-0.2, 0) is 9.68 Å². The highest BCUT2D eigenvalue weighted by Crippen LogP contribution is 2.28. The van der Waals surface area contributed by atoms with Gasteiger partial charge in [0.05, 0.1) is 25.6 Å². The van der Waals surface area contributed by atoms with Crippen molar-refractivity contribution in [2.75, 3.05) is 24.7 Å². The van der Waals surface area contributed by atoms with Crippen molar-refractivity contribution >= 4 is 11.4 Å². The van der Waals surface area contributed by atoms with Crippen LogP contribution in [0.15, 0.2) is 24.3 Å². The Balaban J connectivity index is 3.02. The number of rotatable bonds is 4. The Hall–Kier alpha value is -1.34. The maximum absolute atomic E-state index is 11.1. The van der Waals surface area contributed by atoms with Crippen LogP contribution in [0.1, 0.15) is 0 Å². The summed E-state index contributed by atoms with van der Waals surface area (Å²) in [4.78, 5) is 8.86. The quantitative estimate of drug-likeness (QED) is 0.681. The molecule has 0 aliphatic carbocycles. The summed E-state index contributed by atoms with van der Waals surface area (Å²) < 4.78 is 0. The van der Waals surface area contributed by atoms with Gasteiger partial charge in [-0.3, -0.25) is 9.68 Å². The number of hydrogen-bond donors (Lipinski definition) is 0. The summed E-state index contributed by atoms with van der Waals surface area (Å²) in [5.41, 5.74) is 0.179. The Labute approximate surface area is 81.3 Å². The molecule has 14 heavy (non-hydrogen) atoms. The first-order valence-electron chi connectivity index (χ1n) is 3.82. The van der Waals surface area contributed by atoms with E-state index in [1.165, 1.54) is 26.4 Å². The van der Waals surface area contributed by atoms with Crippen molar-refractivity contribution in [3.8, 4) is 0 Å². The Morgan fingerprint density at radius 2 is 1.29 bits per heavy atom. The lowest BCUT2D eigenvalue weighted by molar-refractivity contribution is 0.187. The SMILES string of the molecule is CON([O-])c1ccccc1N([O-])OC. The number of anilines is 2. The minimum atomic E-state index is 0.0897. The summed E-state index contributed by atoms with van der Waals surface area (Å²) in [6.07, 6.45) is 0. The molecule has 0 fully saturated rings. The zero-order chi connectivity index (χ0) is 10.6. The number of benzene rings is 1. The molecule has 1 aromatic carbocycles. The molecule has 0 aliphatic rings. The molecular weight excluding hydrogens is 188 g/mol. The van der Waals surface area contributed by atoms with Crippen LogP contribution in [0, 0.1) is 10.4 Å². The van der Waals surface area contributed by atoms with E-state index in [0.717, 1.165) is 0 Å². The molecule has 1 rings (SSSR count). The highest BCUT2D eigenvalue weighted by Gasteiger charge is 2.03. The molecule has 0 spiro atoms. The molecule has 0 aromatic heterocycles. The summed E-state index contributed by atoms with van der Waals surface area (Å²) in [7, 11) is 2.43. The Bertz CT molecular complexity index is 265. The highest BCUT2D eigenvalue weighted by atomic mass is 16.9.